The summed E-state index contributed by atoms with van der Waals surface area (Å²) < 4.78 is 28.0. The van der Waals surface area contributed by atoms with Crippen LogP contribution in [0.25, 0.3) is 0 Å². The van der Waals surface area contributed by atoms with E-state index in [1.807, 2.05) is 4.90 Å². The van der Waals surface area contributed by atoms with E-state index in [4.69, 9.17) is 0 Å². The van der Waals surface area contributed by atoms with Crippen LogP contribution in [0.3, 0.4) is 0 Å². The molecule has 26 heavy (non-hydrogen) atoms. The second-order valence-electron chi connectivity index (χ2n) is 7.90. The number of carbonyl (C=O) groups excluding carboxylic acids is 1. The smallest absolute Gasteiger partial charge is 0.281 e. The number of carbonyl (C=O) groups is 1. The van der Waals surface area contributed by atoms with Gasteiger partial charge < -0.3 is 4.90 Å². The van der Waals surface area contributed by atoms with Crippen LogP contribution >= 0.6 is 0 Å². The average Bonchev–Trinajstić information content (AvgIpc) is 2.82. The molecule has 4 aliphatic rings. The molecule has 1 amide bonds. The lowest BCUT2D eigenvalue weighted by molar-refractivity contribution is 0.0581. The molecule has 0 aromatic carbocycles. The molecule has 3 aliphatic heterocycles. The molecule has 5 rings (SSSR count). The average molecular weight is 382 g/mol. The van der Waals surface area contributed by atoms with Crippen LogP contribution in [0.4, 0.5) is 0 Å². The first-order valence-electron chi connectivity index (χ1n) is 9.42. The number of nitrogens with zero attached hydrogens (tertiary/aromatic N) is 4. The number of amides is 1. The second-order valence-corrected chi connectivity index (χ2v) is 10.0. The Balaban J connectivity index is 1.59. The number of piperidine rings is 1. The highest BCUT2D eigenvalue weighted by atomic mass is 32.2. The first-order valence-corrected chi connectivity index (χ1v) is 10.8. The fourth-order valence-corrected chi connectivity index (χ4v) is 5.72. The number of aromatic amines is 1. The van der Waals surface area contributed by atoms with E-state index >= 15 is 0 Å². The lowest BCUT2D eigenvalue weighted by Crippen LogP contribution is -2.48. The van der Waals surface area contributed by atoms with E-state index in [-0.39, 0.29) is 17.9 Å². The van der Waals surface area contributed by atoms with Crippen molar-refractivity contribution in [2.45, 2.75) is 44.6 Å². The highest BCUT2D eigenvalue weighted by molar-refractivity contribution is 7.86. The summed E-state index contributed by atoms with van der Waals surface area (Å²) in [6.45, 7) is 1.47. The summed E-state index contributed by atoms with van der Waals surface area (Å²) in [6, 6.07) is -0.0769. The monoisotopic (exact) mass is 381 g/mol. The van der Waals surface area contributed by atoms with Gasteiger partial charge in [-0.3, -0.25) is 9.89 Å². The molecule has 9 heteroatoms. The Hall–Kier alpha value is -1.45. The zero-order chi connectivity index (χ0) is 18.5. The Kier molecular flexibility index (Phi) is 4.56. The minimum Gasteiger partial charge on any atom is -0.333 e. The maximum Gasteiger partial charge on any atom is 0.281 e. The Morgan fingerprint density at radius 3 is 2.69 bits per heavy atom. The first-order chi connectivity index (χ1) is 12.4. The van der Waals surface area contributed by atoms with Crippen molar-refractivity contribution < 1.29 is 13.2 Å². The molecular formula is C17H27N5O3S. The van der Waals surface area contributed by atoms with Gasteiger partial charge in [-0.2, -0.15) is 22.1 Å². The van der Waals surface area contributed by atoms with Gasteiger partial charge in [0.25, 0.3) is 16.1 Å². The van der Waals surface area contributed by atoms with Crippen molar-refractivity contribution in [2.75, 3.05) is 33.7 Å². The summed E-state index contributed by atoms with van der Waals surface area (Å²) in [5.74, 6) is 0.144. The fourth-order valence-electron chi connectivity index (χ4n) is 4.50. The summed E-state index contributed by atoms with van der Waals surface area (Å²) >= 11 is 0. The number of fused-ring (bicyclic) bond motifs is 5. The maximum atomic E-state index is 13.2. The van der Waals surface area contributed by atoms with Gasteiger partial charge >= 0.3 is 0 Å². The van der Waals surface area contributed by atoms with Crippen LogP contribution in [0.15, 0.2) is 0 Å². The van der Waals surface area contributed by atoms with Gasteiger partial charge in [0.15, 0.2) is 5.69 Å². The number of aromatic nitrogens is 2. The Morgan fingerprint density at radius 2 is 1.92 bits per heavy atom. The lowest BCUT2D eigenvalue weighted by atomic mass is 9.92. The molecule has 2 bridgehead atoms. The van der Waals surface area contributed by atoms with E-state index in [0.29, 0.717) is 25.3 Å². The van der Waals surface area contributed by atoms with Gasteiger partial charge in [0.2, 0.25) is 0 Å². The summed E-state index contributed by atoms with van der Waals surface area (Å²) in [5, 5.41) is 7.37. The maximum absolute atomic E-state index is 13.2. The first kappa shape index (κ1) is 17.9. The Labute approximate surface area is 154 Å². The zero-order valence-electron chi connectivity index (χ0n) is 15.4. The van der Waals surface area contributed by atoms with Crippen LogP contribution in [-0.2, 0) is 23.1 Å². The molecule has 1 aromatic heterocycles. The highest BCUT2D eigenvalue weighted by Crippen LogP contribution is 2.32. The van der Waals surface area contributed by atoms with E-state index < -0.39 is 10.2 Å². The fraction of sp³-hybridized carbons (Fsp3) is 0.765. The highest BCUT2D eigenvalue weighted by Gasteiger charge is 2.42. The zero-order valence-corrected chi connectivity index (χ0v) is 16.3. The van der Waals surface area contributed by atoms with Crippen molar-refractivity contribution in [3.05, 3.63) is 17.0 Å². The molecule has 144 valence electrons. The summed E-state index contributed by atoms with van der Waals surface area (Å²) in [7, 11) is -0.346. The van der Waals surface area contributed by atoms with Gasteiger partial charge in [-0.15, -0.1) is 0 Å². The van der Waals surface area contributed by atoms with Crippen molar-refractivity contribution in [1.82, 2.24) is 23.7 Å². The van der Waals surface area contributed by atoms with Gasteiger partial charge in [-0.25, -0.2) is 0 Å². The molecule has 0 spiro atoms. The van der Waals surface area contributed by atoms with Crippen molar-refractivity contribution in [3.63, 3.8) is 0 Å². The quantitative estimate of drug-likeness (QED) is 0.832. The van der Waals surface area contributed by atoms with Crippen molar-refractivity contribution in [3.8, 4) is 0 Å². The SMILES string of the molecule is CN(C)S(=O)(=O)N1C[C@@H]2CC[C@H](C1)N(C(=O)c1n[nH]c3c1CCCC3)C2. The second kappa shape index (κ2) is 6.61. The van der Waals surface area contributed by atoms with E-state index in [1.54, 1.807) is 18.4 Å². The van der Waals surface area contributed by atoms with E-state index in [0.717, 1.165) is 49.8 Å². The Morgan fingerprint density at radius 1 is 1.15 bits per heavy atom. The molecule has 1 N–H and O–H groups in total. The third-order valence-electron chi connectivity index (χ3n) is 5.99. The molecule has 0 radical (unpaired) electrons. The molecule has 0 unspecified atom stereocenters. The molecule has 3 fully saturated rings. The van der Waals surface area contributed by atoms with Crippen LogP contribution in [0, 0.1) is 5.92 Å². The van der Waals surface area contributed by atoms with Crippen LogP contribution in [0.1, 0.15) is 47.4 Å². The van der Waals surface area contributed by atoms with E-state index in [9.17, 15) is 13.2 Å². The van der Waals surface area contributed by atoms with Gasteiger partial charge in [-0.1, -0.05) is 0 Å². The Bertz CT molecular complexity index is 803. The topological polar surface area (TPSA) is 89.6 Å². The molecule has 8 nitrogen and oxygen atoms in total. The van der Waals surface area contributed by atoms with Gasteiger partial charge in [0.05, 0.1) is 0 Å². The predicted molar refractivity (Wildman–Crippen MR) is 97.0 cm³/mol. The molecule has 1 aromatic rings. The van der Waals surface area contributed by atoms with Crippen LogP contribution in [0.5, 0.6) is 0 Å². The normalized spacial score (nSPS) is 26.8. The number of hydrogen-bond donors (Lipinski definition) is 1. The standard InChI is InChI=1S/C17H27N5O3S/c1-20(2)26(24,25)21-9-12-7-8-13(11-21)22(10-12)17(23)16-14-5-3-4-6-15(14)18-19-16/h12-13H,3-11H2,1-2H3,(H,18,19)/t12-,13+/m0/s1. The minimum absolute atomic E-state index is 0.0387. The van der Waals surface area contributed by atoms with Gasteiger partial charge in [0, 0.05) is 51.0 Å². The van der Waals surface area contributed by atoms with Crippen LogP contribution in [-0.4, -0.2) is 77.8 Å². The van der Waals surface area contributed by atoms with Crippen molar-refractivity contribution in [1.29, 1.82) is 0 Å². The third-order valence-corrected chi connectivity index (χ3v) is 7.86. The number of nitrogens with one attached hydrogen (secondary N) is 1. The number of aryl methyl sites for hydroxylation is 1. The molecule has 4 heterocycles. The van der Waals surface area contributed by atoms with Crippen molar-refractivity contribution >= 4 is 16.1 Å². The molecule has 1 aliphatic carbocycles. The number of H-pyrrole nitrogens is 1. The molecule has 0 saturated carbocycles. The third kappa shape index (κ3) is 2.95. The summed E-state index contributed by atoms with van der Waals surface area (Å²) in [6.07, 6.45) is 5.89. The molecular weight excluding hydrogens is 354 g/mol. The van der Waals surface area contributed by atoms with E-state index in [1.165, 1.54) is 4.31 Å². The molecule has 2 atom stereocenters. The number of hydrogen-bond acceptors (Lipinski definition) is 4. The van der Waals surface area contributed by atoms with E-state index in [2.05, 4.69) is 10.2 Å². The predicted octanol–water partition coefficient (Wildman–Crippen LogP) is 0.631. The molecule has 3 saturated heterocycles. The largest absolute Gasteiger partial charge is 0.333 e. The van der Waals surface area contributed by atoms with Gasteiger partial charge in [-0.05, 0) is 44.4 Å². The summed E-state index contributed by atoms with van der Waals surface area (Å²) in [4.78, 5) is 15.1. The lowest BCUT2D eigenvalue weighted by Gasteiger charge is -2.36. The minimum atomic E-state index is -3.46. The number of rotatable bonds is 3. The van der Waals surface area contributed by atoms with Crippen molar-refractivity contribution in [2.24, 2.45) is 5.92 Å². The van der Waals surface area contributed by atoms with Gasteiger partial charge in [0.1, 0.15) is 0 Å². The van der Waals surface area contributed by atoms with Crippen LogP contribution < -0.4 is 0 Å². The van der Waals surface area contributed by atoms with Crippen LogP contribution in [0.2, 0.25) is 0 Å². The summed E-state index contributed by atoms with van der Waals surface area (Å²) in [5.41, 5.74) is 2.71.